The molecule has 0 aromatic heterocycles. The number of likely N-dealkylation sites (N-methyl/N-ethyl adjacent to an activating group) is 1. The average Bonchev–Trinajstić information content (AvgIpc) is 2.17. The van der Waals surface area contributed by atoms with Gasteiger partial charge in [0.2, 0.25) is 0 Å². The predicted molar refractivity (Wildman–Crippen MR) is 65.5 cm³/mol. The largest absolute Gasteiger partial charge is 0.392 e. The van der Waals surface area contributed by atoms with Crippen molar-refractivity contribution < 1.29 is 5.11 Å². The third-order valence-electron chi connectivity index (χ3n) is 2.54. The van der Waals surface area contributed by atoms with E-state index in [2.05, 4.69) is 43.0 Å². The summed E-state index contributed by atoms with van der Waals surface area (Å²) in [6.45, 7) is 6.85. The molecule has 0 fully saturated rings. The van der Waals surface area contributed by atoms with Crippen LogP contribution in [0, 0.1) is 0 Å². The fraction of sp³-hybridized carbons (Fsp3) is 0.538. The molecule has 1 aromatic rings. The van der Waals surface area contributed by atoms with Gasteiger partial charge in [0.15, 0.2) is 0 Å². The van der Waals surface area contributed by atoms with E-state index in [1.165, 1.54) is 5.56 Å². The zero-order valence-corrected chi connectivity index (χ0v) is 10.1. The molecule has 1 unspecified atom stereocenters. The number of hydrogen-bond donors (Lipinski definition) is 1. The Morgan fingerprint density at radius 1 is 1.13 bits per heavy atom. The molecule has 0 aliphatic rings. The van der Waals surface area contributed by atoms with Crippen molar-refractivity contribution in [3.8, 4) is 0 Å². The highest BCUT2D eigenvalue weighted by Gasteiger charge is 2.05. The smallest absolute Gasteiger partial charge is 0.0686 e. The number of rotatable bonds is 4. The molecule has 15 heavy (non-hydrogen) atoms. The molecule has 0 saturated heterocycles. The van der Waals surface area contributed by atoms with Gasteiger partial charge in [0, 0.05) is 19.3 Å². The van der Waals surface area contributed by atoms with Crippen molar-refractivity contribution >= 4 is 5.69 Å². The Bertz CT molecular complexity index is 290. The highest BCUT2D eigenvalue weighted by molar-refractivity contribution is 5.47. The van der Waals surface area contributed by atoms with Crippen molar-refractivity contribution in [1.29, 1.82) is 0 Å². The Labute approximate surface area is 92.5 Å². The SMILES string of the molecule is CC(O)CN(C)c1ccc(C(C)C)cc1. The summed E-state index contributed by atoms with van der Waals surface area (Å²) in [6.07, 6.45) is -0.292. The first kappa shape index (κ1) is 12.1. The zero-order valence-electron chi connectivity index (χ0n) is 10.1. The van der Waals surface area contributed by atoms with Crippen molar-refractivity contribution in [3.05, 3.63) is 29.8 Å². The van der Waals surface area contributed by atoms with E-state index in [1.54, 1.807) is 6.92 Å². The third kappa shape index (κ3) is 3.56. The van der Waals surface area contributed by atoms with Gasteiger partial charge in [0.25, 0.3) is 0 Å². The summed E-state index contributed by atoms with van der Waals surface area (Å²) in [5.74, 6) is 0.570. The summed E-state index contributed by atoms with van der Waals surface area (Å²) >= 11 is 0. The lowest BCUT2D eigenvalue weighted by atomic mass is 10.0. The van der Waals surface area contributed by atoms with Gasteiger partial charge in [-0.05, 0) is 30.5 Å². The first-order valence-electron chi connectivity index (χ1n) is 5.50. The van der Waals surface area contributed by atoms with E-state index in [1.807, 2.05) is 7.05 Å². The number of aliphatic hydroxyl groups is 1. The molecule has 84 valence electrons. The van der Waals surface area contributed by atoms with Crippen molar-refractivity contribution in [1.82, 2.24) is 0 Å². The minimum absolute atomic E-state index is 0.292. The Hall–Kier alpha value is -1.02. The Kier molecular flexibility index (Phi) is 4.15. The standard InChI is InChI=1S/C13H21NO/c1-10(2)12-5-7-13(8-6-12)14(4)9-11(3)15/h5-8,10-11,15H,9H2,1-4H3. The fourth-order valence-corrected chi connectivity index (χ4v) is 1.62. The van der Waals surface area contributed by atoms with Gasteiger partial charge in [-0.15, -0.1) is 0 Å². The van der Waals surface area contributed by atoms with E-state index in [9.17, 15) is 5.11 Å². The predicted octanol–water partition coefficient (Wildman–Crippen LogP) is 2.63. The first-order chi connectivity index (χ1) is 7.00. The fourth-order valence-electron chi connectivity index (χ4n) is 1.62. The average molecular weight is 207 g/mol. The van der Waals surface area contributed by atoms with Gasteiger partial charge in [-0.25, -0.2) is 0 Å². The molecule has 1 aromatic carbocycles. The molecule has 0 bridgehead atoms. The molecule has 1 rings (SSSR count). The van der Waals surface area contributed by atoms with Gasteiger partial charge in [0.05, 0.1) is 6.10 Å². The summed E-state index contributed by atoms with van der Waals surface area (Å²) < 4.78 is 0. The molecule has 0 spiro atoms. The maximum absolute atomic E-state index is 9.29. The molecular formula is C13H21NO. The highest BCUT2D eigenvalue weighted by Crippen LogP contribution is 2.19. The van der Waals surface area contributed by atoms with Crippen molar-refractivity contribution in [2.75, 3.05) is 18.5 Å². The van der Waals surface area contributed by atoms with Crippen LogP contribution >= 0.6 is 0 Å². The van der Waals surface area contributed by atoms with Crippen LogP contribution in [0.4, 0.5) is 5.69 Å². The summed E-state index contributed by atoms with van der Waals surface area (Å²) in [7, 11) is 2.00. The Morgan fingerprint density at radius 2 is 1.67 bits per heavy atom. The molecule has 0 saturated carbocycles. The van der Waals surface area contributed by atoms with Gasteiger partial charge >= 0.3 is 0 Å². The second kappa shape index (κ2) is 5.17. The quantitative estimate of drug-likeness (QED) is 0.820. The maximum Gasteiger partial charge on any atom is 0.0686 e. The lowest BCUT2D eigenvalue weighted by Gasteiger charge is -2.21. The van der Waals surface area contributed by atoms with Crippen LogP contribution in [-0.4, -0.2) is 24.8 Å². The Balaban J connectivity index is 2.71. The van der Waals surface area contributed by atoms with Crippen LogP contribution in [0.3, 0.4) is 0 Å². The van der Waals surface area contributed by atoms with Crippen LogP contribution in [0.1, 0.15) is 32.3 Å². The summed E-state index contributed by atoms with van der Waals surface area (Å²) in [5.41, 5.74) is 2.50. The molecule has 0 heterocycles. The second-order valence-corrected chi connectivity index (χ2v) is 4.48. The molecule has 1 atom stereocenters. The highest BCUT2D eigenvalue weighted by atomic mass is 16.3. The van der Waals surface area contributed by atoms with Gasteiger partial charge in [-0.1, -0.05) is 26.0 Å². The topological polar surface area (TPSA) is 23.5 Å². The van der Waals surface area contributed by atoms with E-state index in [0.717, 1.165) is 5.69 Å². The first-order valence-corrected chi connectivity index (χ1v) is 5.50. The van der Waals surface area contributed by atoms with Crippen molar-refractivity contribution in [3.63, 3.8) is 0 Å². The minimum atomic E-state index is -0.292. The number of hydrogen-bond acceptors (Lipinski definition) is 2. The van der Waals surface area contributed by atoms with Crippen molar-refractivity contribution in [2.24, 2.45) is 0 Å². The zero-order chi connectivity index (χ0) is 11.4. The van der Waals surface area contributed by atoms with Gasteiger partial charge in [0.1, 0.15) is 0 Å². The molecule has 0 amide bonds. The Morgan fingerprint density at radius 3 is 2.07 bits per heavy atom. The molecule has 0 aliphatic heterocycles. The lowest BCUT2D eigenvalue weighted by Crippen LogP contribution is -2.26. The van der Waals surface area contributed by atoms with Crippen LogP contribution in [0.15, 0.2) is 24.3 Å². The van der Waals surface area contributed by atoms with E-state index in [4.69, 9.17) is 0 Å². The second-order valence-electron chi connectivity index (χ2n) is 4.48. The van der Waals surface area contributed by atoms with Gasteiger partial charge < -0.3 is 10.0 Å². The van der Waals surface area contributed by atoms with Crippen LogP contribution in [0.25, 0.3) is 0 Å². The number of benzene rings is 1. The molecule has 2 nitrogen and oxygen atoms in total. The van der Waals surface area contributed by atoms with E-state index in [-0.39, 0.29) is 6.10 Å². The lowest BCUT2D eigenvalue weighted by molar-refractivity contribution is 0.201. The monoisotopic (exact) mass is 207 g/mol. The summed E-state index contributed by atoms with van der Waals surface area (Å²) in [4.78, 5) is 2.06. The minimum Gasteiger partial charge on any atom is -0.392 e. The summed E-state index contributed by atoms with van der Waals surface area (Å²) in [6, 6.07) is 8.52. The van der Waals surface area contributed by atoms with Crippen LogP contribution in [0.2, 0.25) is 0 Å². The number of aliphatic hydroxyl groups excluding tert-OH is 1. The van der Waals surface area contributed by atoms with Gasteiger partial charge in [-0.3, -0.25) is 0 Å². The van der Waals surface area contributed by atoms with Crippen LogP contribution in [0.5, 0.6) is 0 Å². The number of nitrogens with zero attached hydrogens (tertiary/aromatic N) is 1. The van der Waals surface area contributed by atoms with E-state index >= 15 is 0 Å². The molecule has 1 N–H and O–H groups in total. The van der Waals surface area contributed by atoms with Crippen LogP contribution < -0.4 is 4.90 Å². The van der Waals surface area contributed by atoms with Crippen molar-refractivity contribution in [2.45, 2.75) is 32.8 Å². The number of anilines is 1. The molecular weight excluding hydrogens is 186 g/mol. The normalized spacial score (nSPS) is 12.9. The van der Waals surface area contributed by atoms with Crippen LogP contribution in [-0.2, 0) is 0 Å². The maximum atomic E-state index is 9.29. The third-order valence-corrected chi connectivity index (χ3v) is 2.54. The van der Waals surface area contributed by atoms with Gasteiger partial charge in [-0.2, -0.15) is 0 Å². The van der Waals surface area contributed by atoms with E-state index in [0.29, 0.717) is 12.5 Å². The molecule has 2 heteroatoms. The molecule has 0 radical (unpaired) electrons. The molecule has 0 aliphatic carbocycles. The summed E-state index contributed by atoms with van der Waals surface area (Å²) in [5, 5.41) is 9.29. The van der Waals surface area contributed by atoms with E-state index < -0.39 is 0 Å².